The largest absolute Gasteiger partial charge is 0.485 e. The van der Waals surface area contributed by atoms with E-state index in [4.69, 9.17) is 6.11 Å². The minimum Gasteiger partial charge on any atom is -0.485 e. The molecule has 1 aliphatic carbocycles. The van der Waals surface area contributed by atoms with Crippen molar-refractivity contribution in [3.63, 3.8) is 0 Å². The Morgan fingerprint density at radius 3 is 2.88 bits per heavy atom. The van der Waals surface area contributed by atoms with Gasteiger partial charge in [0.25, 0.3) is 0 Å². The van der Waals surface area contributed by atoms with Gasteiger partial charge in [-0.05, 0) is 23.3 Å². The number of ether oxygens (including phenoxy) is 1. The first-order valence-corrected chi connectivity index (χ1v) is 5.83. The van der Waals surface area contributed by atoms with E-state index in [1.54, 1.807) is 0 Å². The highest BCUT2D eigenvalue weighted by atomic mass is 16.5. The summed E-state index contributed by atoms with van der Waals surface area (Å²) in [7, 11) is 0. The van der Waals surface area contributed by atoms with Gasteiger partial charge in [-0.25, -0.2) is 0 Å². The first-order chi connectivity index (χ1) is 8.84. The SMILES string of the molecule is [2H]C1c2ccccc2C=C2c3ccccc3OC21. The van der Waals surface area contributed by atoms with Crippen molar-refractivity contribution in [2.24, 2.45) is 0 Å². The molecular weight excluding hydrogens is 208 g/mol. The Bertz CT molecular complexity index is 660. The molecule has 2 aromatic carbocycles. The average Bonchev–Trinajstić information content (AvgIpc) is 2.79. The van der Waals surface area contributed by atoms with Gasteiger partial charge in [0.15, 0.2) is 0 Å². The molecule has 0 N–H and O–H groups in total. The summed E-state index contributed by atoms with van der Waals surface area (Å²) in [6.07, 6.45) is 1.67. The zero-order valence-electron chi connectivity index (χ0n) is 10.3. The van der Waals surface area contributed by atoms with Crippen LogP contribution in [-0.2, 0) is 6.40 Å². The van der Waals surface area contributed by atoms with Crippen LogP contribution in [0.5, 0.6) is 5.75 Å². The Morgan fingerprint density at radius 2 is 1.88 bits per heavy atom. The van der Waals surface area contributed by atoms with E-state index in [2.05, 4.69) is 18.2 Å². The van der Waals surface area contributed by atoms with E-state index < -0.39 is 0 Å². The summed E-state index contributed by atoms with van der Waals surface area (Å²) in [5.74, 6) is 0.902. The number of hydrogen-bond acceptors (Lipinski definition) is 1. The molecule has 82 valence electrons. The Hall–Kier alpha value is -2.02. The van der Waals surface area contributed by atoms with E-state index in [1.165, 1.54) is 0 Å². The van der Waals surface area contributed by atoms with Crippen LogP contribution in [0, 0.1) is 0 Å². The zero-order valence-corrected chi connectivity index (χ0v) is 9.26. The summed E-state index contributed by atoms with van der Waals surface area (Å²) in [6.45, 7) is 0. The van der Waals surface area contributed by atoms with E-state index in [9.17, 15) is 0 Å². The van der Waals surface area contributed by atoms with E-state index >= 15 is 0 Å². The number of benzene rings is 2. The van der Waals surface area contributed by atoms with Gasteiger partial charge in [-0.2, -0.15) is 0 Å². The van der Waals surface area contributed by atoms with Crippen LogP contribution in [-0.4, -0.2) is 6.10 Å². The lowest BCUT2D eigenvalue weighted by Gasteiger charge is -2.19. The van der Waals surface area contributed by atoms with E-state index in [0.717, 1.165) is 28.0 Å². The first-order valence-electron chi connectivity index (χ1n) is 6.41. The maximum atomic E-state index is 8.39. The predicted molar refractivity (Wildman–Crippen MR) is 68.9 cm³/mol. The molecule has 0 amide bonds. The molecule has 1 heteroatoms. The molecule has 1 nitrogen and oxygen atoms in total. The second-order valence-corrected chi connectivity index (χ2v) is 4.43. The fourth-order valence-corrected chi connectivity index (χ4v) is 2.57. The Kier molecular flexibility index (Phi) is 1.55. The third kappa shape index (κ3) is 1.26. The van der Waals surface area contributed by atoms with Crippen LogP contribution in [0.1, 0.15) is 18.1 Å². The van der Waals surface area contributed by atoms with Crippen molar-refractivity contribution in [1.29, 1.82) is 0 Å². The van der Waals surface area contributed by atoms with Gasteiger partial charge in [0.2, 0.25) is 0 Å². The van der Waals surface area contributed by atoms with Gasteiger partial charge in [0.1, 0.15) is 11.9 Å². The van der Waals surface area contributed by atoms with Gasteiger partial charge < -0.3 is 4.74 Å². The summed E-state index contributed by atoms with van der Waals surface area (Å²) in [5.41, 5.74) is 4.47. The molecule has 2 aromatic rings. The van der Waals surface area contributed by atoms with Crippen LogP contribution >= 0.6 is 0 Å². The summed E-state index contributed by atoms with van der Waals surface area (Å²) in [4.78, 5) is 0. The topological polar surface area (TPSA) is 9.23 Å². The fourth-order valence-electron chi connectivity index (χ4n) is 2.57. The van der Waals surface area contributed by atoms with E-state index in [-0.39, 0.29) is 12.5 Å². The van der Waals surface area contributed by atoms with Crippen LogP contribution in [0.15, 0.2) is 48.5 Å². The lowest BCUT2D eigenvalue weighted by molar-refractivity contribution is 0.276. The second-order valence-electron chi connectivity index (χ2n) is 4.43. The lowest BCUT2D eigenvalue weighted by Crippen LogP contribution is -2.19. The summed E-state index contributed by atoms with van der Waals surface area (Å²) >= 11 is 0. The summed E-state index contributed by atoms with van der Waals surface area (Å²) in [5, 5.41) is 0. The van der Waals surface area contributed by atoms with E-state index in [0.29, 0.717) is 0 Å². The van der Waals surface area contributed by atoms with Gasteiger partial charge in [-0.3, -0.25) is 0 Å². The highest BCUT2D eigenvalue weighted by Crippen LogP contribution is 2.42. The third-order valence-electron chi connectivity index (χ3n) is 3.40. The van der Waals surface area contributed by atoms with Crippen molar-refractivity contribution >= 4 is 11.6 Å². The summed E-state index contributed by atoms with van der Waals surface area (Å²) in [6, 6.07) is 16.1. The predicted octanol–water partition coefficient (Wildman–Crippen LogP) is 3.54. The van der Waals surface area contributed by atoms with Crippen molar-refractivity contribution in [1.82, 2.24) is 0 Å². The quantitative estimate of drug-likeness (QED) is 0.661. The molecule has 0 aromatic heterocycles. The van der Waals surface area contributed by atoms with Crippen LogP contribution in [0.2, 0.25) is 0 Å². The molecule has 1 aliphatic heterocycles. The van der Waals surface area contributed by atoms with Crippen LogP contribution in [0.25, 0.3) is 11.6 Å². The maximum absolute atomic E-state index is 8.39. The van der Waals surface area contributed by atoms with Crippen molar-refractivity contribution in [3.8, 4) is 5.75 Å². The zero-order chi connectivity index (χ0) is 12.1. The molecule has 0 saturated carbocycles. The molecule has 2 unspecified atom stereocenters. The fraction of sp³-hybridized carbons (Fsp3) is 0.125. The minimum absolute atomic E-state index is 0.155. The molecule has 4 rings (SSSR count). The normalized spacial score (nSPS) is 24.9. The van der Waals surface area contributed by atoms with Crippen molar-refractivity contribution in [2.45, 2.75) is 12.5 Å². The van der Waals surface area contributed by atoms with Crippen LogP contribution < -0.4 is 4.74 Å². The smallest absolute Gasteiger partial charge is 0.129 e. The number of fused-ring (bicyclic) bond motifs is 4. The van der Waals surface area contributed by atoms with Crippen LogP contribution in [0.4, 0.5) is 0 Å². The van der Waals surface area contributed by atoms with Gasteiger partial charge >= 0.3 is 0 Å². The van der Waals surface area contributed by atoms with Crippen molar-refractivity contribution < 1.29 is 6.11 Å². The standard InChI is InChI=1S/C16H12O/c1-2-6-12-10-16-14(9-11(12)5-1)13-7-3-4-8-15(13)17-16/h1-9,16H,10H2/i10D. The van der Waals surface area contributed by atoms with Gasteiger partial charge in [0, 0.05) is 18.9 Å². The maximum Gasteiger partial charge on any atom is 0.129 e. The molecule has 0 fully saturated rings. The lowest BCUT2D eigenvalue weighted by atomic mass is 9.88. The first kappa shape index (κ1) is 8.13. The highest BCUT2D eigenvalue weighted by Gasteiger charge is 2.31. The monoisotopic (exact) mass is 221 g/mol. The minimum atomic E-state index is -0.339. The second kappa shape index (κ2) is 3.24. The molecule has 0 saturated heterocycles. The van der Waals surface area contributed by atoms with Gasteiger partial charge in [-0.15, -0.1) is 0 Å². The molecule has 1 heterocycles. The molecule has 2 aliphatic rings. The van der Waals surface area contributed by atoms with Gasteiger partial charge in [0.05, 0.1) is 0 Å². The van der Waals surface area contributed by atoms with Crippen molar-refractivity contribution in [2.75, 3.05) is 0 Å². The Morgan fingerprint density at radius 1 is 1.06 bits per heavy atom. The molecule has 0 bridgehead atoms. The molecule has 17 heavy (non-hydrogen) atoms. The Labute approximate surface area is 102 Å². The summed E-state index contributed by atoms with van der Waals surface area (Å²) < 4.78 is 14.3. The van der Waals surface area contributed by atoms with E-state index in [1.807, 2.05) is 36.4 Å². The number of rotatable bonds is 0. The molecule has 0 spiro atoms. The molecular formula is C16H12O. The molecule has 0 radical (unpaired) electrons. The third-order valence-corrected chi connectivity index (χ3v) is 3.40. The van der Waals surface area contributed by atoms with Crippen LogP contribution in [0.3, 0.4) is 0 Å². The highest BCUT2D eigenvalue weighted by molar-refractivity contribution is 5.91. The molecule has 2 atom stereocenters. The Balaban J connectivity index is 1.95. The van der Waals surface area contributed by atoms with Crippen molar-refractivity contribution in [3.05, 3.63) is 65.2 Å². The number of para-hydroxylation sites is 1. The average molecular weight is 221 g/mol. The number of hydrogen-bond donors (Lipinski definition) is 0. The van der Waals surface area contributed by atoms with Gasteiger partial charge in [-0.1, -0.05) is 42.5 Å².